The Morgan fingerprint density at radius 1 is 0.949 bits per heavy atom. The number of aryl methyl sites for hydroxylation is 1. The van der Waals surface area contributed by atoms with Crippen LogP contribution in [0.3, 0.4) is 0 Å². The van der Waals surface area contributed by atoms with E-state index in [-0.39, 0.29) is 28.7 Å². The molecule has 1 aromatic heterocycles. The summed E-state index contributed by atoms with van der Waals surface area (Å²) < 4.78 is 4.00. The number of nitrogens with one attached hydrogen (secondary N) is 1. The van der Waals surface area contributed by atoms with Gasteiger partial charge in [-0.15, -0.1) is 0 Å². The van der Waals surface area contributed by atoms with Gasteiger partial charge in [0.1, 0.15) is 10.9 Å². The van der Waals surface area contributed by atoms with Crippen molar-refractivity contribution >= 4 is 46.3 Å². The van der Waals surface area contributed by atoms with Gasteiger partial charge in [0.25, 0.3) is 11.8 Å². The lowest BCUT2D eigenvalue weighted by Gasteiger charge is -2.32. The third-order valence-electron chi connectivity index (χ3n) is 6.20. The van der Waals surface area contributed by atoms with Gasteiger partial charge in [-0.1, -0.05) is 54.6 Å². The van der Waals surface area contributed by atoms with Crippen molar-refractivity contribution in [3.05, 3.63) is 106 Å². The molecule has 10 heteroatoms. The van der Waals surface area contributed by atoms with Crippen molar-refractivity contribution in [2.45, 2.75) is 19.5 Å². The Kier molecular flexibility index (Phi) is 8.26. The lowest BCUT2D eigenvalue weighted by molar-refractivity contribution is -0.122. The molecule has 0 fully saturated rings. The fourth-order valence-electron chi connectivity index (χ4n) is 4.15. The van der Waals surface area contributed by atoms with Gasteiger partial charge in [-0.25, -0.2) is 0 Å². The van der Waals surface area contributed by atoms with Crippen molar-refractivity contribution in [2.24, 2.45) is 5.73 Å². The minimum absolute atomic E-state index is 0.0241. The van der Waals surface area contributed by atoms with E-state index in [1.165, 1.54) is 4.90 Å². The summed E-state index contributed by atoms with van der Waals surface area (Å²) in [5.74, 6) is -1.79. The maximum absolute atomic E-state index is 14.2. The van der Waals surface area contributed by atoms with E-state index in [0.717, 1.165) is 28.3 Å². The second kappa shape index (κ2) is 11.8. The lowest BCUT2D eigenvalue weighted by atomic mass is 10.0. The Hall–Kier alpha value is -4.70. The Balaban J connectivity index is 1.84. The van der Waals surface area contributed by atoms with Crippen LogP contribution in [-0.2, 0) is 11.3 Å². The molecule has 0 saturated heterocycles. The molecule has 0 spiro atoms. The molecule has 200 valence electrons. The van der Waals surface area contributed by atoms with Gasteiger partial charge in [0.15, 0.2) is 5.69 Å². The third-order valence-corrected chi connectivity index (χ3v) is 7.05. The molecule has 1 heterocycles. The number of carbonyl (C=O) groups is 3. The second-order valence-corrected chi connectivity index (χ2v) is 10.0. The molecule has 0 saturated carbocycles. The van der Waals surface area contributed by atoms with Gasteiger partial charge in [0.05, 0.1) is 5.69 Å². The molecule has 3 amide bonds. The van der Waals surface area contributed by atoms with Gasteiger partial charge in [-0.3, -0.25) is 19.3 Å². The van der Waals surface area contributed by atoms with E-state index in [0.29, 0.717) is 11.3 Å². The van der Waals surface area contributed by atoms with Crippen LogP contribution in [0.15, 0.2) is 78.9 Å². The lowest BCUT2D eigenvalue weighted by Crippen LogP contribution is -2.44. The highest BCUT2D eigenvalue weighted by Gasteiger charge is 2.36. The van der Waals surface area contributed by atoms with Gasteiger partial charge in [0.2, 0.25) is 5.91 Å². The maximum Gasteiger partial charge on any atom is 0.273 e. The van der Waals surface area contributed by atoms with Crippen molar-refractivity contribution in [2.75, 3.05) is 29.6 Å². The molecule has 39 heavy (non-hydrogen) atoms. The Bertz CT molecular complexity index is 1480. The standard InChI is InChI=1S/C29H30N6O3S/c1-18-8-7-11-22(16-18)35(29(38)26-23(30)24(27(31)36)33-39-26)25(20-12-14-21(15-13-20)34(2)3)28(37)32-17-19-9-5-4-6-10-19/h4-16,25H,17,30H2,1-3H3,(H2,31,36)(H,32,37)/t25-/m1/s1. The van der Waals surface area contributed by atoms with Crippen LogP contribution in [0.1, 0.15) is 42.9 Å². The van der Waals surface area contributed by atoms with Crippen LogP contribution in [0.4, 0.5) is 17.1 Å². The normalized spacial score (nSPS) is 11.5. The Morgan fingerprint density at radius 3 is 2.23 bits per heavy atom. The first-order valence-corrected chi connectivity index (χ1v) is 13.0. The summed E-state index contributed by atoms with van der Waals surface area (Å²) in [6.07, 6.45) is 0. The first-order chi connectivity index (χ1) is 18.7. The number of hydrogen-bond donors (Lipinski definition) is 3. The van der Waals surface area contributed by atoms with Gasteiger partial charge in [-0.2, -0.15) is 4.37 Å². The predicted octanol–water partition coefficient (Wildman–Crippen LogP) is 3.90. The van der Waals surface area contributed by atoms with Gasteiger partial charge in [-0.05, 0) is 59.4 Å². The summed E-state index contributed by atoms with van der Waals surface area (Å²) >= 11 is 0.775. The van der Waals surface area contributed by atoms with Crippen LogP contribution in [0, 0.1) is 6.92 Å². The molecule has 0 bridgehead atoms. The molecule has 0 aliphatic carbocycles. The summed E-state index contributed by atoms with van der Waals surface area (Å²) in [4.78, 5) is 43.3. The van der Waals surface area contributed by atoms with Gasteiger partial charge in [0, 0.05) is 32.0 Å². The van der Waals surface area contributed by atoms with E-state index < -0.39 is 17.9 Å². The minimum atomic E-state index is -1.06. The van der Waals surface area contributed by atoms with Crippen LogP contribution in [0.5, 0.6) is 0 Å². The number of hydrogen-bond acceptors (Lipinski definition) is 7. The number of primary amides is 1. The van der Waals surface area contributed by atoms with Crippen LogP contribution in [-0.4, -0.2) is 36.2 Å². The van der Waals surface area contributed by atoms with Crippen molar-refractivity contribution in [3.63, 3.8) is 0 Å². The molecule has 1 atom stereocenters. The zero-order valence-electron chi connectivity index (χ0n) is 21.9. The molecule has 4 rings (SSSR count). The number of amides is 3. The topological polar surface area (TPSA) is 135 Å². The molecular formula is C29H30N6O3S. The fourth-order valence-corrected chi connectivity index (χ4v) is 4.90. The van der Waals surface area contributed by atoms with Crippen molar-refractivity contribution < 1.29 is 14.4 Å². The number of nitrogens with two attached hydrogens (primary N) is 2. The number of nitrogens with zero attached hydrogens (tertiary/aromatic N) is 3. The number of aromatic nitrogens is 1. The highest BCUT2D eigenvalue weighted by Crippen LogP contribution is 2.34. The van der Waals surface area contributed by atoms with Gasteiger partial charge >= 0.3 is 0 Å². The monoisotopic (exact) mass is 542 g/mol. The van der Waals surface area contributed by atoms with Crippen LogP contribution in [0.2, 0.25) is 0 Å². The molecule has 0 radical (unpaired) electrons. The number of rotatable bonds is 9. The van der Waals surface area contributed by atoms with Crippen molar-refractivity contribution in [3.8, 4) is 0 Å². The minimum Gasteiger partial charge on any atom is -0.395 e. The number of benzene rings is 3. The molecule has 5 N–H and O–H groups in total. The van der Waals surface area contributed by atoms with E-state index in [4.69, 9.17) is 11.5 Å². The summed E-state index contributed by atoms with van der Waals surface area (Å²) in [6.45, 7) is 2.17. The van der Waals surface area contributed by atoms with E-state index in [1.54, 1.807) is 6.07 Å². The first kappa shape index (κ1) is 27.3. The second-order valence-electron chi connectivity index (χ2n) is 9.24. The molecular weight excluding hydrogens is 512 g/mol. The zero-order valence-corrected chi connectivity index (χ0v) is 22.7. The maximum atomic E-state index is 14.2. The SMILES string of the molecule is Cc1cccc(N(C(=O)c2snc(C(N)=O)c2N)[C@@H](C(=O)NCc2ccccc2)c2ccc(N(C)C)cc2)c1. The third kappa shape index (κ3) is 6.07. The van der Waals surface area contributed by atoms with E-state index in [1.807, 2.05) is 98.7 Å². The number of carbonyl (C=O) groups excluding carboxylic acids is 3. The van der Waals surface area contributed by atoms with Crippen molar-refractivity contribution in [1.29, 1.82) is 0 Å². The number of anilines is 3. The smallest absolute Gasteiger partial charge is 0.273 e. The predicted molar refractivity (Wildman–Crippen MR) is 155 cm³/mol. The fraction of sp³-hybridized carbons (Fsp3) is 0.172. The van der Waals surface area contributed by atoms with Gasteiger partial charge < -0.3 is 21.7 Å². The Labute approximate surface area is 231 Å². The summed E-state index contributed by atoms with van der Waals surface area (Å²) in [5.41, 5.74) is 15.1. The quantitative estimate of drug-likeness (QED) is 0.294. The highest BCUT2D eigenvalue weighted by atomic mass is 32.1. The van der Waals surface area contributed by atoms with E-state index in [9.17, 15) is 14.4 Å². The van der Waals surface area contributed by atoms with Crippen molar-refractivity contribution in [1.82, 2.24) is 9.69 Å². The number of nitrogen functional groups attached to an aromatic ring is 1. The van der Waals surface area contributed by atoms with Crippen LogP contribution in [0.25, 0.3) is 0 Å². The molecule has 3 aromatic carbocycles. The summed E-state index contributed by atoms with van der Waals surface area (Å²) in [6, 6.07) is 23.1. The molecule has 4 aromatic rings. The Morgan fingerprint density at radius 2 is 1.64 bits per heavy atom. The van der Waals surface area contributed by atoms with Crippen LogP contribution < -0.4 is 26.6 Å². The summed E-state index contributed by atoms with van der Waals surface area (Å²) in [7, 11) is 3.84. The largest absolute Gasteiger partial charge is 0.395 e. The van der Waals surface area contributed by atoms with E-state index in [2.05, 4.69) is 9.69 Å². The average molecular weight is 543 g/mol. The molecule has 0 aliphatic rings. The zero-order chi connectivity index (χ0) is 28.1. The molecule has 9 nitrogen and oxygen atoms in total. The highest BCUT2D eigenvalue weighted by molar-refractivity contribution is 7.09. The molecule has 0 aliphatic heterocycles. The summed E-state index contributed by atoms with van der Waals surface area (Å²) in [5, 5.41) is 2.98. The molecule has 0 unspecified atom stereocenters. The van der Waals surface area contributed by atoms with E-state index >= 15 is 0 Å². The van der Waals surface area contributed by atoms with Crippen LogP contribution >= 0.6 is 11.5 Å². The first-order valence-electron chi connectivity index (χ1n) is 12.2. The average Bonchev–Trinajstić information content (AvgIpc) is 3.32.